The predicted octanol–water partition coefficient (Wildman–Crippen LogP) is 3.62. The molecule has 11 heavy (non-hydrogen) atoms. The van der Waals surface area contributed by atoms with E-state index in [2.05, 4.69) is 32.6 Å². The van der Waals surface area contributed by atoms with Gasteiger partial charge in [0.25, 0.3) is 0 Å². The normalized spacial score (nSPS) is 10.5. The van der Waals surface area contributed by atoms with Crippen molar-refractivity contribution >= 4 is 0 Å². The van der Waals surface area contributed by atoms with Crippen LogP contribution in [0.1, 0.15) is 53.4 Å². The molecule has 0 heterocycles. The molecule has 0 fully saturated rings. The van der Waals surface area contributed by atoms with Gasteiger partial charge in [-0.1, -0.05) is 33.6 Å². The first-order valence-corrected chi connectivity index (χ1v) is 4.58. The lowest BCUT2D eigenvalue weighted by molar-refractivity contribution is 0.277. The van der Waals surface area contributed by atoms with E-state index in [9.17, 15) is 0 Å². The molecule has 0 aliphatic heterocycles. The first kappa shape index (κ1) is 10.6. The summed E-state index contributed by atoms with van der Waals surface area (Å²) in [5.41, 5.74) is 0.532. The van der Waals surface area contributed by atoms with Crippen molar-refractivity contribution in [1.29, 1.82) is 0 Å². The molecule has 0 radical (unpaired) electrons. The maximum Gasteiger partial charge on any atom is 0.00937 e. The topological polar surface area (TPSA) is 0 Å². The molecule has 0 aromatic rings. The molecule has 0 unspecified atom stereocenters. The Morgan fingerprint density at radius 3 is 2.09 bits per heavy atom. The molecule has 0 aromatic heterocycles. The molecular weight excluding hydrogens is 132 g/mol. The molecule has 0 nitrogen and oxygen atoms in total. The lowest BCUT2D eigenvalue weighted by atomic mass is 9.80. The van der Waals surface area contributed by atoms with Gasteiger partial charge in [-0.05, 0) is 18.8 Å². The van der Waals surface area contributed by atoms with Gasteiger partial charge in [0.2, 0.25) is 0 Å². The summed E-state index contributed by atoms with van der Waals surface area (Å²) in [4.78, 5) is 0. The summed E-state index contributed by atoms with van der Waals surface area (Å²) < 4.78 is 0. The van der Waals surface area contributed by atoms with Crippen molar-refractivity contribution in [2.45, 2.75) is 53.4 Å². The summed E-state index contributed by atoms with van der Waals surface area (Å²) in [5.74, 6) is 6.06. The molecule has 0 atom stereocenters. The summed E-state index contributed by atoms with van der Waals surface area (Å²) in [6.07, 6.45) is 4.86. The Morgan fingerprint density at radius 1 is 1.18 bits per heavy atom. The highest BCUT2D eigenvalue weighted by molar-refractivity contribution is 4.95. The summed E-state index contributed by atoms with van der Waals surface area (Å²) in [6.45, 7) is 8.80. The number of hydrogen-bond donors (Lipinski definition) is 0. The van der Waals surface area contributed by atoms with Gasteiger partial charge in [0.15, 0.2) is 0 Å². The summed E-state index contributed by atoms with van der Waals surface area (Å²) in [7, 11) is 0. The molecule has 0 N–H and O–H groups in total. The quantitative estimate of drug-likeness (QED) is 0.540. The second kappa shape index (κ2) is 5.24. The zero-order chi connectivity index (χ0) is 8.74. The van der Waals surface area contributed by atoms with Crippen LogP contribution in [0.25, 0.3) is 0 Å². The third-order valence-electron chi connectivity index (χ3n) is 2.74. The average molecular weight is 152 g/mol. The van der Waals surface area contributed by atoms with Crippen LogP contribution in [0.15, 0.2) is 0 Å². The Morgan fingerprint density at radius 2 is 1.73 bits per heavy atom. The molecule has 0 amide bonds. The number of hydrogen-bond acceptors (Lipinski definition) is 0. The van der Waals surface area contributed by atoms with E-state index in [0.717, 1.165) is 6.42 Å². The predicted molar refractivity (Wildman–Crippen MR) is 51.4 cm³/mol. The van der Waals surface area contributed by atoms with Gasteiger partial charge in [0, 0.05) is 6.42 Å². The standard InChI is InChI=1S/C11H20/c1-5-8-9-10-11(4,6-2)7-3/h6-7,9-10H2,1-4H3. The zero-order valence-corrected chi connectivity index (χ0v) is 8.33. The molecule has 0 spiro atoms. The first-order valence-electron chi connectivity index (χ1n) is 4.58. The lowest BCUT2D eigenvalue weighted by Crippen LogP contribution is -2.12. The average Bonchev–Trinajstić information content (AvgIpc) is 2.05. The maximum atomic E-state index is 3.12. The third kappa shape index (κ3) is 4.09. The molecule has 0 saturated carbocycles. The second-order valence-electron chi connectivity index (χ2n) is 3.44. The van der Waals surface area contributed by atoms with Gasteiger partial charge in [-0.25, -0.2) is 0 Å². The van der Waals surface area contributed by atoms with Gasteiger partial charge in [-0.3, -0.25) is 0 Å². The number of rotatable bonds is 4. The molecule has 0 bridgehead atoms. The van der Waals surface area contributed by atoms with Crippen LogP contribution in [0.3, 0.4) is 0 Å². The largest absolute Gasteiger partial charge is 0.107 e. The molecule has 0 aliphatic carbocycles. The summed E-state index contributed by atoms with van der Waals surface area (Å²) >= 11 is 0. The van der Waals surface area contributed by atoms with Crippen molar-refractivity contribution in [3.8, 4) is 11.8 Å². The highest BCUT2D eigenvalue weighted by atomic mass is 14.2. The van der Waals surface area contributed by atoms with Crippen LogP contribution >= 0.6 is 0 Å². The Bertz CT molecular complexity index is 141. The maximum absolute atomic E-state index is 3.12. The van der Waals surface area contributed by atoms with E-state index in [1.165, 1.54) is 19.3 Å². The van der Waals surface area contributed by atoms with Crippen molar-refractivity contribution in [3.05, 3.63) is 0 Å². The molecule has 0 rings (SSSR count). The monoisotopic (exact) mass is 152 g/mol. The summed E-state index contributed by atoms with van der Waals surface area (Å²) in [6, 6.07) is 0. The van der Waals surface area contributed by atoms with Crippen molar-refractivity contribution in [3.63, 3.8) is 0 Å². The Kier molecular flexibility index (Phi) is 5.03. The van der Waals surface area contributed by atoms with Crippen molar-refractivity contribution in [2.24, 2.45) is 5.41 Å². The van der Waals surface area contributed by atoms with E-state index in [4.69, 9.17) is 0 Å². The van der Waals surface area contributed by atoms with Crippen molar-refractivity contribution < 1.29 is 0 Å². The minimum atomic E-state index is 0.532. The molecule has 0 aliphatic rings. The fourth-order valence-electron chi connectivity index (χ4n) is 1.09. The van der Waals surface area contributed by atoms with Crippen LogP contribution in [-0.4, -0.2) is 0 Å². The van der Waals surface area contributed by atoms with Gasteiger partial charge in [0.05, 0.1) is 0 Å². The van der Waals surface area contributed by atoms with Crippen LogP contribution in [0, 0.1) is 17.3 Å². The highest BCUT2D eigenvalue weighted by Gasteiger charge is 2.17. The SMILES string of the molecule is CC#CCCC(C)(CC)CC. The Hall–Kier alpha value is -0.440. The molecule has 0 aromatic carbocycles. The van der Waals surface area contributed by atoms with E-state index in [-0.39, 0.29) is 0 Å². The minimum absolute atomic E-state index is 0.532. The van der Waals surface area contributed by atoms with Gasteiger partial charge < -0.3 is 0 Å². The second-order valence-corrected chi connectivity index (χ2v) is 3.44. The van der Waals surface area contributed by atoms with Gasteiger partial charge in [-0.2, -0.15) is 0 Å². The van der Waals surface area contributed by atoms with Crippen LogP contribution < -0.4 is 0 Å². The molecular formula is C11H20. The smallest absolute Gasteiger partial charge is 0.00937 e. The zero-order valence-electron chi connectivity index (χ0n) is 8.33. The Balaban J connectivity index is 3.74. The van der Waals surface area contributed by atoms with Crippen molar-refractivity contribution in [1.82, 2.24) is 0 Å². The van der Waals surface area contributed by atoms with Gasteiger partial charge in [0.1, 0.15) is 0 Å². The first-order chi connectivity index (χ1) is 5.18. The summed E-state index contributed by atoms with van der Waals surface area (Å²) in [5, 5.41) is 0. The van der Waals surface area contributed by atoms with E-state index in [1.54, 1.807) is 0 Å². The van der Waals surface area contributed by atoms with Crippen LogP contribution in [0.5, 0.6) is 0 Å². The van der Waals surface area contributed by atoms with Crippen LogP contribution in [-0.2, 0) is 0 Å². The Labute approximate surface area is 71.4 Å². The molecule has 0 saturated heterocycles. The molecule has 64 valence electrons. The van der Waals surface area contributed by atoms with E-state index >= 15 is 0 Å². The lowest BCUT2D eigenvalue weighted by Gasteiger charge is -2.25. The fourth-order valence-corrected chi connectivity index (χ4v) is 1.09. The van der Waals surface area contributed by atoms with Crippen LogP contribution in [0.4, 0.5) is 0 Å². The van der Waals surface area contributed by atoms with E-state index in [0.29, 0.717) is 5.41 Å². The minimum Gasteiger partial charge on any atom is -0.107 e. The van der Waals surface area contributed by atoms with Gasteiger partial charge >= 0.3 is 0 Å². The van der Waals surface area contributed by atoms with E-state index < -0.39 is 0 Å². The third-order valence-corrected chi connectivity index (χ3v) is 2.74. The van der Waals surface area contributed by atoms with Gasteiger partial charge in [-0.15, -0.1) is 11.8 Å². The highest BCUT2D eigenvalue weighted by Crippen LogP contribution is 2.30. The van der Waals surface area contributed by atoms with Crippen LogP contribution in [0.2, 0.25) is 0 Å². The van der Waals surface area contributed by atoms with Crippen molar-refractivity contribution in [2.75, 3.05) is 0 Å². The van der Waals surface area contributed by atoms with E-state index in [1.807, 2.05) is 6.92 Å². The molecule has 0 heteroatoms. The fraction of sp³-hybridized carbons (Fsp3) is 0.818.